The summed E-state index contributed by atoms with van der Waals surface area (Å²) in [6.45, 7) is 2.15. The fourth-order valence-corrected chi connectivity index (χ4v) is 3.16. The van der Waals surface area contributed by atoms with E-state index >= 15 is 0 Å². The van der Waals surface area contributed by atoms with E-state index in [1.165, 1.54) is 9.75 Å². The van der Waals surface area contributed by atoms with Gasteiger partial charge >= 0.3 is 0 Å². The highest BCUT2D eigenvalue weighted by molar-refractivity contribution is 9.10. The second kappa shape index (κ2) is 5.87. The summed E-state index contributed by atoms with van der Waals surface area (Å²) in [4.78, 5) is 2.53. The van der Waals surface area contributed by atoms with Crippen molar-refractivity contribution in [3.63, 3.8) is 0 Å². The van der Waals surface area contributed by atoms with Gasteiger partial charge in [0.1, 0.15) is 5.75 Å². The van der Waals surface area contributed by atoms with Crippen molar-refractivity contribution in [3.8, 4) is 5.75 Å². The van der Waals surface area contributed by atoms with Crippen molar-refractivity contribution in [2.24, 2.45) is 5.73 Å². The number of rotatable bonds is 4. The van der Waals surface area contributed by atoms with Crippen molar-refractivity contribution in [2.75, 3.05) is 7.11 Å². The Labute approximate surface area is 120 Å². The van der Waals surface area contributed by atoms with Gasteiger partial charge < -0.3 is 10.5 Å². The molecule has 0 fully saturated rings. The normalized spacial score (nSPS) is 12.4. The highest BCUT2D eigenvalue weighted by Crippen LogP contribution is 2.33. The Kier molecular flexibility index (Phi) is 4.43. The van der Waals surface area contributed by atoms with Gasteiger partial charge in [0.15, 0.2) is 0 Å². The lowest BCUT2D eigenvalue weighted by Gasteiger charge is -2.14. The van der Waals surface area contributed by atoms with Crippen LogP contribution in [0.2, 0.25) is 0 Å². The van der Waals surface area contributed by atoms with Crippen molar-refractivity contribution in [1.82, 2.24) is 0 Å². The fourth-order valence-electron chi connectivity index (χ4n) is 1.85. The molecule has 2 aromatic rings. The molecule has 0 bridgehead atoms. The molecule has 0 aliphatic carbocycles. The first-order valence-electron chi connectivity index (χ1n) is 5.83. The van der Waals surface area contributed by atoms with E-state index in [-0.39, 0.29) is 6.04 Å². The molecule has 18 heavy (non-hydrogen) atoms. The van der Waals surface area contributed by atoms with Crippen LogP contribution in [-0.4, -0.2) is 7.11 Å². The average molecular weight is 326 g/mol. The Morgan fingerprint density at radius 3 is 2.72 bits per heavy atom. The highest BCUT2D eigenvalue weighted by Gasteiger charge is 2.16. The SMILES string of the molecule is CCc1ccc(C(N)c2ccc(Br)cc2OC)s1. The van der Waals surface area contributed by atoms with Crippen LogP contribution < -0.4 is 10.5 Å². The second-order valence-electron chi connectivity index (χ2n) is 4.02. The van der Waals surface area contributed by atoms with E-state index in [9.17, 15) is 0 Å². The zero-order valence-electron chi connectivity index (χ0n) is 10.4. The molecule has 2 N–H and O–H groups in total. The van der Waals surface area contributed by atoms with Gasteiger partial charge in [0.2, 0.25) is 0 Å². The molecule has 0 saturated heterocycles. The maximum Gasteiger partial charge on any atom is 0.125 e. The van der Waals surface area contributed by atoms with Crippen LogP contribution in [0.5, 0.6) is 5.75 Å². The third kappa shape index (κ3) is 2.76. The van der Waals surface area contributed by atoms with Crippen LogP contribution in [0, 0.1) is 0 Å². The number of hydrogen-bond donors (Lipinski definition) is 1. The van der Waals surface area contributed by atoms with Crippen molar-refractivity contribution < 1.29 is 4.74 Å². The molecular weight excluding hydrogens is 310 g/mol. The molecule has 1 unspecified atom stereocenters. The van der Waals surface area contributed by atoms with Gasteiger partial charge in [-0.15, -0.1) is 11.3 Å². The molecule has 2 nitrogen and oxygen atoms in total. The lowest BCUT2D eigenvalue weighted by atomic mass is 10.1. The Hall–Kier alpha value is -0.840. The average Bonchev–Trinajstić information content (AvgIpc) is 2.86. The molecule has 2 rings (SSSR count). The summed E-state index contributed by atoms with van der Waals surface area (Å²) in [7, 11) is 1.67. The molecule has 1 atom stereocenters. The van der Waals surface area contributed by atoms with Crippen molar-refractivity contribution >= 4 is 27.3 Å². The topological polar surface area (TPSA) is 35.2 Å². The Morgan fingerprint density at radius 2 is 2.11 bits per heavy atom. The number of halogens is 1. The standard InChI is InChI=1S/C14H16BrNOS/c1-3-10-5-7-13(18-10)14(16)11-6-4-9(15)8-12(11)17-2/h4-8,14H,3,16H2,1-2H3. The summed E-state index contributed by atoms with van der Waals surface area (Å²) >= 11 is 5.21. The molecule has 96 valence electrons. The number of thiophene rings is 1. The summed E-state index contributed by atoms with van der Waals surface area (Å²) in [5.74, 6) is 0.823. The van der Waals surface area contributed by atoms with Crippen LogP contribution >= 0.6 is 27.3 Å². The van der Waals surface area contributed by atoms with Gasteiger partial charge in [0.25, 0.3) is 0 Å². The van der Waals surface area contributed by atoms with E-state index in [1.54, 1.807) is 18.4 Å². The van der Waals surface area contributed by atoms with Crippen LogP contribution in [0.3, 0.4) is 0 Å². The monoisotopic (exact) mass is 325 g/mol. The van der Waals surface area contributed by atoms with Crippen LogP contribution in [0.1, 0.15) is 28.3 Å². The Balaban J connectivity index is 2.35. The Morgan fingerprint density at radius 1 is 1.33 bits per heavy atom. The van der Waals surface area contributed by atoms with Crippen molar-refractivity contribution in [2.45, 2.75) is 19.4 Å². The summed E-state index contributed by atoms with van der Waals surface area (Å²) in [5.41, 5.74) is 7.34. The molecule has 1 aromatic heterocycles. The zero-order valence-corrected chi connectivity index (χ0v) is 12.8. The minimum Gasteiger partial charge on any atom is -0.496 e. The second-order valence-corrected chi connectivity index (χ2v) is 6.14. The summed E-state index contributed by atoms with van der Waals surface area (Å²) in [6, 6.07) is 10.1. The number of methoxy groups -OCH3 is 1. The van der Waals surface area contributed by atoms with E-state index in [2.05, 4.69) is 35.0 Å². The number of hydrogen-bond acceptors (Lipinski definition) is 3. The quantitative estimate of drug-likeness (QED) is 0.917. The van der Waals surface area contributed by atoms with Gasteiger partial charge in [-0.1, -0.05) is 28.9 Å². The van der Waals surface area contributed by atoms with E-state index < -0.39 is 0 Å². The van der Waals surface area contributed by atoms with Gasteiger partial charge in [0, 0.05) is 19.8 Å². The first-order valence-corrected chi connectivity index (χ1v) is 7.44. The largest absolute Gasteiger partial charge is 0.496 e. The van der Waals surface area contributed by atoms with Crippen LogP contribution in [-0.2, 0) is 6.42 Å². The lowest BCUT2D eigenvalue weighted by Crippen LogP contribution is -2.11. The molecule has 1 heterocycles. The van der Waals surface area contributed by atoms with Crippen molar-refractivity contribution in [3.05, 3.63) is 50.1 Å². The van der Waals surface area contributed by atoms with Gasteiger partial charge in [-0.2, -0.15) is 0 Å². The minimum atomic E-state index is -0.127. The molecule has 0 spiro atoms. The Bertz CT molecular complexity index is 538. The summed E-state index contributed by atoms with van der Waals surface area (Å²) in [6.07, 6.45) is 1.05. The molecule has 4 heteroatoms. The fraction of sp³-hybridized carbons (Fsp3) is 0.286. The summed E-state index contributed by atoms with van der Waals surface area (Å²) in [5, 5.41) is 0. The maximum atomic E-state index is 6.33. The maximum absolute atomic E-state index is 6.33. The third-order valence-electron chi connectivity index (χ3n) is 2.87. The predicted octanol–water partition coefficient (Wildman–Crippen LogP) is 4.13. The smallest absolute Gasteiger partial charge is 0.125 e. The summed E-state index contributed by atoms with van der Waals surface area (Å²) < 4.78 is 6.39. The van der Waals surface area contributed by atoms with Gasteiger partial charge in [-0.3, -0.25) is 0 Å². The van der Waals surface area contributed by atoms with Crippen LogP contribution in [0.25, 0.3) is 0 Å². The number of benzene rings is 1. The number of nitrogens with two attached hydrogens (primary N) is 1. The molecule has 0 saturated carbocycles. The van der Waals surface area contributed by atoms with E-state index in [4.69, 9.17) is 10.5 Å². The highest BCUT2D eigenvalue weighted by atomic mass is 79.9. The number of ether oxygens (including phenoxy) is 1. The molecule has 0 aliphatic heterocycles. The molecule has 0 aliphatic rings. The van der Waals surface area contributed by atoms with Gasteiger partial charge in [-0.05, 0) is 30.7 Å². The molecule has 0 amide bonds. The number of aryl methyl sites for hydroxylation is 1. The first-order chi connectivity index (χ1) is 8.65. The van der Waals surface area contributed by atoms with Gasteiger partial charge in [0.05, 0.1) is 13.2 Å². The minimum absolute atomic E-state index is 0.127. The van der Waals surface area contributed by atoms with E-state index in [0.717, 1.165) is 22.2 Å². The van der Waals surface area contributed by atoms with Crippen LogP contribution in [0.4, 0.5) is 0 Å². The first kappa shape index (κ1) is 13.6. The predicted molar refractivity (Wildman–Crippen MR) is 80.4 cm³/mol. The molecular formula is C14H16BrNOS. The van der Waals surface area contributed by atoms with E-state index in [0.29, 0.717) is 0 Å². The van der Waals surface area contributed by atoms with Crippen molar-refractivity contribution in [1.29, 1.82) is 0 Å². The molecule has 0 radical (unpaired) electrons. The lowest BCUT2D eigenvalue weighted by molar-refractivity contribution is 0.407. The molecule has 1 aromatic carbocycles. The zero-order chi connectivity index (χ0) is 13.1. The third-order valence-corrected chi connectivity index (χ3v) is 4.67. The van der Waals surface area contributed by atoms with E-state index in [1.807, 2.05) is 18.2 Å². The van der Waals surface area contributed by atoms with Gasteiger partial charge in [-0.25, -0.2) is 0 Å². The van der Waals surface area contributed by atoms with Crippen LogP contribution in [0.15, 0.2) is 34.8 Å².